The van der Waals surface area contributed by atoms with Gasteiger partial charge < -0.3 is 5.32 Å². The summed E-state index contributed by atoms with van der Waals surface area (Å²) < 4.78 is 0. The number of hydrogen-bond acceptors (Lipinski definition) is 3. The fourth-order valence-electron chi connectivity index (χ4n) is 5.25. The third-order valence-corrected chi connectivity index (χ3v) is 6.95. The normalized spacial score (nSPS) is 20.1. The predicted molar refractivity (Wildman–Crippen MR) is 131 cm³/mol. The van der Waals surface area contributed by atoms with Crippen molar-refractivity contribution in [2.45, 2.75) is 24.8 Å². The summed E-state index contributed by atoms with van der Waals surface area (Å²) in [5.41, 5.74) is 10.6. The number of carbonyl (C=O) groups is 2. The fraction of sp³-hybridized carbons (Fsp3) is 0.179. The van der Waals surface area contributed by atoms with Gasteiger partial charge in [0.1, 0.15) is 0 Å². The molecule has 1 heterocycles. The van der Waals surface area contributed by atoms with E-state index >= 15 is 0 Å². The van der Waals surface area contributed by atoms with Gasteiger partial charge in [0.25, 0.3) is 5.91 Å². The Hall–Kier alpha value is -4.19. The second-order valence-corrected chi connectivity index (χ2v) is 8.94. The van der Waals surface area contributed by atoms with Gasteiger partial charge in [-0.3, -0.25) is 10.2 Å². The van der Waals surface area contributed by atoms with Crippen LogP contribution in [0.4, 0.5) is 4.79 Å². The Morgan fingerprint density at radius 1 is 0.853 bits per heavy atom. The molecule has 1 aromatic heterocycles. The van der Waals surface area contributed by atoms with Gasteiger partial charge in [0.2, 0.25) is 0 Å². The molecule has 168 valence electrons. The highest BCUT2D eigenvalue weighted by atomic mass is 16.2. The summed E-state index contributed by atoms with van der Waals surface area (Å²) >= 11 is 0. The van der Waals surface area contributed by atoms with E-state index in [0.717, 1.165) is 29.3 Å². The summed E-state index contributed by atoms with van der Waals surface area (Å²) in [4.78, 5) is 30.4. The fourth-order valence-corrected chi connectivity index (χ4v) is 5.25. The van der Waals surface area contributed by atoms with E-state index in [1.807, 2.05) is 54.6 Å². The third-order valence-electron chi connectivity index (χ3n) is 6.95. The van der Waals surface area contributed by atoms with Crippen LogP contribution in [0.1, 0.15) is 33.8 Å². The highest BCUT2D eigenvalue weighted by Gasteiger charge is 2.53. The zero-order valence-corrected chi connectivity index (χ0v) is 18.5. The number of hydrogen-bond donors (Lipinski definition) is 3. The van der Waals surface area contributed by atoms with Gasteiger partial charge >= 0.3 is 6.03 Å². The van der Waals surface area contributed by atoms with E-state index in [9.17, 15) is 9.59 Å². The molecule has 2 aliphatic rings. The molecule has 3 N–H and O–H groups in total. The van der Waals surface area contributed by atoms with Crippen LogP contribution in [0.3, 0.4) is 0 Å². The van der Waals surface area contributed by atoms with Gasteiger partial charge in [-0.2, -0.15) is 0 Å². The molecule has 3 aromatic carbocycles. The molecule has 6 rings (SSSR count). The lowest BCUT2D eigenvalue weighted by Crippen LogP contribution is -2.48. The van der Waals surface area contributed by atoms with E-state index < -0.39 is 6.03 Å². The Morgan fingerprint density at radius 3 is 2.50 bits per heavy atom. The van der Waals surface area contributed by atoms with Crippen LogP contribution in [-0.4, -0.2) is 23.0 Å². The van der Waals surface area contributed by atoms with Crippen LogP contribution >= 0.6 is 0 Å². The molecule has 3 amide bonds. The molecule has 2 aliphatic carbocycles. The van der Waals surface area contributed by atoms with Crippen molar-refractivity contribution in [2.75, 3.05) is 0 Å². The van der Waals surface area contributed by atoms with Gasteiger partial charge in [-0.15, -0.1) is 0 Å². The number of nitrogens with one attached hydrogen (secondary N) is 3. The van der Waals surface area contributed by atoms with Gasteiger partial charge in [-0.05, 0) is 42.0 Å². The Morgan fingerprint density at radius 2 is 1.62 bits per heavy atom. The third kappa shape index (κ3) is 3.67. The number of aromatic nitrogens is 1. The van der Waals surface area contributed by atoms with Crippen molar-refractivity contribution < 1.29 is 9.59 Å². The van der Waals surface area contributed by atoms with E-state index in [-0.39, 0.29) is 11.9 Å². The van der Waals surface area contributed by atoms with Crippen LogP contribution in [0.25, 0.3) is 22.2 Å². The molecule has 34 heavy (non-hydrogen) atoms. The largest absolute Gasteiger partial charge is 0.333 e. The Labute approximate surface area is 197 Å². The number of pyridine rings is 1. The van der Waals surface area contributed by atoms with Crippen molar-refractivity contribution in [3.63, 3.8) is 0 Å². The average molecular weight is 449 g/mol. The average Bonchev–Trinajstić information content (AvgIpc) is 3.60. The molecule has 4 aromatic rings. The van der Waals surface area contributed by atoms with Gasteiger partial charge in [0, 0.05) is 22.9 Å². The number of para-hydroxylation sites is 1. The number of fused-ring (bicyclic) bond motifs is 4. The molecule has 0 saturated heterocycles. The maximum absolute atomic E-state index is 13.1. The van der Waals surface area contributed by atoms with Gasteiger partial charge in [0.15, 0.2) is 0 Å². The first-order chi connectivity index (χ1) is 16.7. The van der Waals surface area contributed by atoms with Crippen molar-refractivity contribution in [1.82, 2.24) is 21.2 Å². The molecule has 3 unspecified atom stereocenters. The monoisotopic (exact) mass is 448 g/mol. The smallest absolute Gasteiger partial charge is 0.333 e. The molecule has 0 spiro atoms. The number of benzene rings is 3. The van der Waals surface area contributed by atoms with Crippen molar-refractivity contribution in [3.8, 4) is 11.3 Å². The van der Waals surface area contributed by atoms with E-state index in [0.29, 0.717) is 23.1 Å². The zero-order valence-electron chi connectivity index (χ0n) is 18.5. The van der Waals surface area contributed by atoms with Crippen LogP contribution in [0.5, 0.6) is 0 Å². The Balaban J connectivity index is 1.16. The molecule has 1 fully saturated rings. The van der Waals surface area contributed by atoms with Crippen LogP contribution in [0, 0.1) is 5.92 Å². The lowest BCUT2D eigenvalue weighted by atomic mass is 9.92. The first kappa shape index (κ1) is 20.4. The quantitative estimate of drug-likeness (QED) is 0.402. The number of aryl methyl sites for hydroxylation is 1. The topological polar surface area (TPSA) is 83.1 Å². The lowest BCUT2D eigenvalue weighted by molar-refractivity contribution is 0.0937. The van der Waals surface area contributed by atoms with E-state index in [4.69, 9.17) is 4.98 Å². The minimum atomic E-state index is -0.396. The minimum absolute atomic E-state index is 0.104. The summed E-state index contributed by atoms with van der Waals surface area (Å²) in [6.07, 6.45) is 2.12. The number of rotatable bonds is 3. The second kappa shape index (κ2) is 8.30. The molecular weight excluding hydrogens is 424 g/mol. The maximum atomic E-state index is 13.1. The molecule has 0 aliphatic heterocycles. The van der Waals surface area contributed by atoms with Crippen LogP contribution in [0.15, 0.2) is 84.9 Å². The highest BCUT2D eigenvalue weighted by Crippen LogP contribution is 2.54. The van der Waals surface area contributed by atoms with Crippen molar-refractivity contribution in [1.29, 1.82) is 0 Å². The number of amides is 3. The summed E-state index contributed by atoms with van der Waals surface area (Å²) in [7, 11) is 0. The summed E-state index contributed by atoms with van der Waals surface area (Å²) in [6.45, 7) is 0. The molecule has 1 saturated carbocycles. The SMILES string of the molecule is O=C(NNC(=O)c1cc(-c2ccccc2)nc2ccccc12)NC1C2CCc3ccccc3C21. The maximum Gasteiger partial charge on any atom is 0.333 e. The van der Waals surface area contributed by atoms with Crippen molar-refractivity contribution in [2.24, 2.45) is 5.92 Å². The first-order valence-electron chi connectivity index (χ1n) is 11.6. The van der Waals surface area contributed by atoms with E-state index in [2.05, 4.69) is 40.4 Å². The van der Waals surface area contributed by atoms with Gasteiger partial charge in [0.05, 0.1) is 16.8 Å². The number of carbonyl (C=O) groups excluding carboxylic acids is 2. The van der Waals surface area contributed by atoms with E-state index in [1.165, 1.54) is 11.1 Å². The lowest BCUT2D eigenvalue weighted by Gasteiger charge is -2.13. The van der Waals surface area contributed by atoms with Crippen LogP contribution in [0.2, 0.25) is 0 Å². The minimum Gasteiger partial charge on any atom is -0.333 e. The van der Waals surface area contributed by atoms with Crippen LogP contribution in [-0.2, 0) is 6.42 Å². The predicted octanol–water partition coefficient (Wildman–Crippen LogP) is 4.57. The van der Waals surface area contributed by atoms with Crippen molar-refractivity contribution >= 4 is 22.8 Å². The number of nitrogens with zero attached hydrogens (tertiary/aromatic N) is 1. The summed E-state index contributed by atoms with van der Waals surface area (Å²) in [5, 5.41) is 3.77. The van der Waals surface area contributed by atoms with E-state index in [1.54, 1.807) is 6.07 Å². The summed E-state index contributed by atoms with van der Waals surface area (Å²) in [6, 6.07) is 27.2. The zero-order chi connectivity index (χ0) is 23.1. The highest BCUT2D eigenvalue weighted by molar-refractivity contribution is 6.07. The molecule has 6 nitrogen and oxygen atoms in total. The standard InChI is InChI=1S/C28H24N4O2/c33-27(22-16-24(18-9-2-1-3-10-18)29-23-13-7-6-12-20(22)23)31-32-28(34)30-26-21-15-14-17-8-4-5-11-19(17)25(21)26/h1-13,16,21,25-26H,14-15H2,(H,31,33)(H2,30,32,34). The van der Waals surface area contributed by atoms with Gasteiger partial charge in [-0.1, -0.05) is 72.8 Å². The second-order valence-electron chi connectivity index (χ2n) is 8.94. The first-order valence-corrected chi connectivity index (χ1v) is 11.6. The molecule has 0 bridgehead atoms. The number of urea groups is 1. The molecule has 3 atom stereocenters. The Bertz CT molecular complexity index is 1400. The van der Waals surface area contributed by atoms with Gasteiger partial charge in [-0.25, -0.2) is 15.2 Å². The van der Waals surface area contributed by atoms with Crippen molar-refractivity contribution in [3.05, 3.63) is 102 Å². The number of hydrazine groups is 1. The van der Waals surface area contributed by atoms with Crippen LogP contribution < -0.4 is 16.2 Å². The molecule has 0 radical (unpaired) electrons. The molecular formula is C28H24N4O2. The summed E-state index contributed by atoms with van der Waals surface area (Å²) in [5.74, 6) is 0.447. The molecule has 6 heteroatoms. The Kier molecular flexibility index (Phi) is 4.99.